The van der Waals surface area contributed by atoms with Gasteiger partial charge in [-0.1, -0.05) is 30.3 Å². The Bertz CT molecular complexity index is 987. The number of hydrogen-bond donors (Lipinski definition) is 1. The first-order valence-electron chi connectivity index (χ1n) is 8.41. The minimum absolute atomic E-state index is 0.257. The van der Waals surface area contributed by atoms with Crippen molar-refractivity contribution in [1.82, 2.24) is 9.36 Å². The number of carbonyl (C=O) groups excluding carboxylic acids is 1. The maximum absolute atomic E-state index is 12.9. The smallest absolute Gasteiger partial charge is 0.295 e. The van der Waals surface area contributed by atoms with Gasteiger partial charge in [-0.2, -0.15) is 0 Å². The van der Waals surface area contributed by atoms with Gasteiger partial charge in [-0.15, -0.1) is 0 Å². The second-order valence-corrected chi connectivity index (χ2v) is 5.82. The van der Waals surface area contributed by atoms with E-state index >= 15 is 0 Å². The molecule has 0 atom stereocenters. The highest BCUT2D eigenvalue weighted by molar-refractivity contribution is 6.06. The predicted octanol–water partition coefficient (Wildman–Crippen LogP) is 3.14. The van der Waals surface area contributed by atoms with Crippen LogP contribution in [0.15, 0.2) is 59.4 Å². The predicted molar refractivity (Wildman–Crippen MR) is 101 cm³/mol. The Hall–Kier alpha value is -3.28. The van der Waals surface area contributed by atoms with Crippen LogP contribution in [0, 0.1) is 6.92 Å². The zero-order valence-corrected chi connectivity index (χ0v) is 15.0. The zero-order valence-electron chi connectivity index (χ0n) is 15.0. The Morgan fingerprint density at radius 2 is 1.73 bits per heavy atom. The van der Waals surface area contributed by atoms with Gasteiger partial charge in [0.25, 0.3) is 11.5 Å². The molecule has 1 amide bonds. The molecule has 0 radical (unpaired) electrons. The molecule has 0 saturated carbocycles. The van der Waals surface area contributed by atoms with Crippen molar-refractivity contribution >= 4 is 11.6 Å². The lowest BCUT2D eigenvalue weighted by molar-refractivity contribution is 0.102. The van der Waals surface area contributed by atoms with Gasteiger partial charge in [0.15, 0.2) is 0 Å². The van der Waals surface area contributed by atoms with Crippen LogP contribution >= 0.6 is 0 Å². The molecule has 6 heteroatoms. The first kappa shape index (κ1) is 17.5. The number of rotatable bonds is 5. The molecule has 1 N–H and O–H groups in total. The van der Waals surface area contributed by atoms with Crippen molar-refractivity contribution in [3.8, 4) is 11.4 Å². The van der Waals surface area contributed by atoms with Crippen molar-refractivity contribution in [2.24, 2.45) is 7.05 Å². The summed E-state index contributed by atoms with van der Waals surface area (Å²) >= 11 is 0. The highest BCUT2D eigenvalue weighted by atomic mass is 16.5. The van der Waals surface area contributed by atoms with Gasteiger partial charge in [-0.3, -0.25) is 14.3 Å². The summed E-state index contributed by atoms with van der Waals surface area (Å²) in [6.45, 7) is 4.11. The van der Waals surface area contributed by atoms with E-state index in [1.165, 1.54) is 4.68 Å². The van der Waals surface area contributed by atoms with Gasteiger partial charge in [-0.25, -0.2) is 4.68 Å². The van der Waals surface area contributed by atoms with Crippen LogP contribution < -0.4 is 15.6 Å². The topological polar surface area (TPSA) is 65.3 Å². The molecular weight excluding hydrogens is 330 g/mol. The molecule has 0 aliphatic heterocycles. The summed E-state index contributed by atoms with van der Waals surface area (Å²) in [6, 6.07) is 16.3. The van der Waals surface area contributed by atoms with E-state index in [2.05, 4.69) is 5.32 Å². The number of aromatic nitrogens is 2. The lowest BCUT2D eigenvalue weighted by atomic mass is 10.2. The largest absolute Gasteiger partial charge is 0.493 e. The van der Waals surface area contributed by atoms with E-state index < -0.39 is 0 Å². The number of hydrogen-bond acceptors (Lipinski definition) is 3. The van der Waals surface area contributed by atoms with Crippen molar-refractivity contribution in [2.45, 2.75) is 13.8 Å². The van der Waals surface area contributed by atoms with Gasteiger partial charge in [0.2, 0.25) is 0 Å². The average Bonchev–Trinajstić information content (AvgIpc) is 2.86. The summed E-state index contributed by atoms with van der Waals surface area (Å²) in [5.41, 5.74) is 1.77. The number of ether oxygens (including phenoxy) is 1. The number of benzene rings is 2. The zero-order chi connectivity index (χ0) is 18.7. The molecule has 0 aliphatic rings. The average molecular weight is 351 g/mol. The third-order valence-electron chi connectivity index (χ3n) is 4.22. The van der Waals surface area contributed by atoms with E-state index in [1.54, 1.807) is 42.9 Å². The van der Waals surface area contributed by atoms with Gasteiger partial charge in [0.1, 0.15) is 11.4 Å². The highest BCUT2D eigenvalue weighted by Gasteiger charge is 2.20. The number of carbonyl (C=O) groups is 1. The first-order valence-corrected chi connectivity index (χ1v) is 8.41. The molecule has 1 aromatic heterocycles. The molecule has 0 spiro atoms. The monoisotopic (exact) mass is 351 g/mol. The van der Waals surface area contributed by atoms with Crippen LogP contribution in [0.25, 0.3) is 5.69 Å². The quantitative estimate of drug-likeness (QED) is 0.768. The number of nitrogens with zero attached hydrogens (tertiary/aromatic N) is 2. The van der Waals surface area contributed by atoms with E-state index in [-0.39, 0.29) is 17.2 Å². The van der Waals surface area contributed by atoms with Crippen LogP contribution in [0.3, 0.4) is 0 Å². The van der Waals surface area contributed by atoms with E-state index in [0.717, 1.165) is 5.69 Å². The molecule has 1 heterocycles. The van der Waals surface area contributed by atoms with E-state index in [4.69, 9.17) is 4.74 Å². The van der Waals surface area contributed by atoms with Crippen LogP contribution in [0.5, 0.6) is 5.75 Å². The second kappa shape index (κ2) is 7.31. The summed E-state index contributed by atoms with van der Waals surface area (Å²) in [6.07, 6.45) is 0. The fraction of sp³-hybridized carbons (Fsp3) is 0.200. The summed E-state index contributed by atoms with van der Waals surface area (Å²) in [7, 11) is 1.79. The fourth-order valence-corrected chi connectivity index (χ4v) is 2.83. The Labute approximate surface area is 151 Å². The Balaban J connectivity index is 1.99. The van der Waals surface area contributed by atoms with Gasteiger partial charge < -0.3 is 10.1 Å². The summed E-state index contributed by atoms with van der Waals surface area (Å²) < 4.78 is 8.76. The Kier molecular flexibility index (Phi) is 4.93. The van der Waals surface area contributed by atoms with Gasteiger partial charge >= 0.3 is 0 Å². The molecule has 0 saturated heterocycles. The molecule has 2 aromatic carbocycles. The molecule has 3 rings (SSSR count). The first-order chi connectivity index (χ1) is 12.5. The highest BCUT2D eigenvalue weighted by Crippen LogP contribution is 2.20. The van der Waals surface area contributed by atoms with E-state index in [1.807, 2.05) is 37.3 Å². The maximum Gasteiger partial charge on any atom is 0.295 e. The van der Waals surface area contributed by atoms with Crippen LogP contribution in [0.1, 0.15) is 23.0 Å². The number of nitrogens with one attached hydrogen (secondary N) is 1. The lowest BCUT2D eigenvalue weighted by Gasteiger charge is -2.09. The minimum atomic E-state index is -0.375. The van der Waals surface area contributed by atoms with Crippen LogP contribution in [-0.4, -0.2) is 21.9 Å². The summed E-state index contributed by atoms with van der Waals surface area (Å²) in [5, 5.41) is 2.75. The molecule has 0 aliphatic carbocycles. The standard InChI is InChI=1S/C20H21N3O3/c1-4-26-17-13-9-8-12-16(17)19(24)21-18-14(2)22(3)23(20(18)25)15-10-6-5-7-11-15/h5-13H,4H2,1-3H3,(H,21,24). The van der Waals surface area contributed by atoms with Crippen molar-refractivity contribution in [2.75, 3.05) is 11.9 Å². The van der Waals surface area contributed by atoms with Crippen LogP contribution in [-0.2, 0) is 7.05 Å². The SMILES string of the molecule is CCOc1ccccc1C(=O)Nc1c(C)n(C)n(-c2ccccc2)c1=O. The molecule has 3 aromatic rings. The third-order valence-corrected chi connectivity index (χ3v) is 4.22. The summed E-state index contributed by atoms with van der Waals surface area (Å²) in [4.78, 5) is 25.6. The van der Waals surface area contributed by atoms with Gasteiger partial charge in [0.05, 0.1) is 23.6 Å². The minimum Gasteiger partial charge on any atom is -0.493 e. The molecule has 6 nitrogen and oxygen atoms in total. The van der Waals surface area contributed by atoms with Crippen LogP contribution in [0.2, 0.25) is 0 Å². The molecule has 0 fully saturated rings. The van der Waals surface area contributed by atoms with Crippen molar-refractivity contribution in [3.63, 3.8) is 0 Å². The second-order valence-electron chi connectivity index (χ2n) is 5.82. The third kappa shape index (κ3) is 3.13. The van der Waals surface area contributed by atoms with Crippen molar-refractivity contribution < 1.29 is 9.53 Å². The number of anilines is 1. The molecule has 0 bridgehead atoms. The van der Waals surface area contributed by atoms with E-state index in [9.17, 15) is 9.59 Å². The molecule has 26 heavy (non-hydrogen) atoms. The fourth-order valence-electron chi connectivity index (χ4n) is 2.83. The number of amides is 1. The van der Waals surface area contributed by atoms with Gasteiger partial charge in [-0.05, 0) is 38.1 Å². The van der Waals surface area contributed by atoms with Crippen molar-refractivity contribution in [3.05, 3.63) is 76.2 Å². The Morgan fingerprint density at radius 3 is 2.42 bits per heavy atom. The van der Waals surface area contributed by atoms with Gasteiger partial charge in [0, 0.05) is 7.05 Å². The van der Waals surface area contributed by atoms with Crippen LogP contribution in [0.4, 0.5) is 5.69 Å². The molecular formula is C20H21N3O3. The lowest BCUT2D eigenvalue weighted by Crippen LogP contribution is -2.23. The van der Waals surface area contributed by atoms with Crippen molar-refractivity contribution in [1.29, 1.82) is 0 Å². The molecule has 0 unspecified atom stereocenters. The Morgan fingerprint density at radius 1 is 1.08 bits per heavy atom. The summed E-state index contributed by atoms with van der Waals surface area (Å²) in [5.74, 6) is 0.115. The normalized spacial score (nSPS) is 10.6. The van der Waals surface area contributed by atoms with E-state index in [0.29, 0.717) is 23.6 Å². The number of para-hydroxylation sites is 2. The molecule has 134 valence electrons. The maximum atomic E-state index is 12.9.